The number of aromatic nitrogens is 3. The third kappa shape index (κ3) is 3.29. The number of alkyl halides is 1. The zero-order valence-electron chi connectivity index (χ0n) is 11.4. The predicted octanol–water partition coefficient (Wildman–Crippen LogP) is 4.73. The zero-order chi connectivity index (χ0) is 13.8. The molecule has 0 aromatic carbocycles. The zero-order valence-corrected chi connectivity index (χ0v) is 13.7. The molecule has 1 atom stereocenters. The Bertz CT molecular complexity index is 553. The van der Waals surface area contributed by atoms with Crippen LogP contribution in [-0.4, -0.2) is 20.4 Å². The van der Waals surface area contributed by atoms with E-state index >= 15 is 0 Å². The summed E-state index contributed by atoms with van der Waals surface area (Å²) in [4.78, 5) is 9.20. The van der Waals surface area contributed by atoms with Gasteiger partial charge in [0, 0.05) is 29.0 Å². The van der Waals surface area contributed by atoms with Crippen molar-refractivity contribution in [1.82, 2.24) is 14.5 Å². The second-order valence-electron chi connectivity index (χ2n) is 4.82. The van der Waals surface area contributed by atoms with Crippen LogP contribution in [0.1, 0.15) is 45.0 Å². The van der Waals surface area contributed by atoms with E-state index in [1.807, 2.05) is 12.3 Å². The van der Waals surface area contributed by atoms with Gasteiger partial charge in [-0.05, 0) is 35.3 Å². The van der Waals surface area contributed by atoms with Gasteiger partial charge in [0.25, 0.3) is 0 Å². The van der Waals surface area contributed by atoms with Crippen molar-refractivity contribution in [3.8, 4) is 0 Å². The Kier molecular flexibility index (Phi) is 5.22. The molecule has 104 valence electrons. The molecule has 0 N–H and O–H groups in total. The highest BCUT2D eigenvalue weighted by Gasteiger charge is 2.16. The standard InChI is InChI=1S/C14H19BrClN3/c1-3-4-5-10(2)19-13(6-7-16)18-12-8-11(15)9-17-14(12)19/h8-10H,3-7H2,1-2H3. The summed E-state index contributed by atoms with van der Waals surface area (Å²) in [6, 6.07) is 2.43. The second-order valence-corrected chi connectivity index (χ2v) is 6.12. The van der Waals surface area contributed by atoms with Gasteiger partial charge in [0.05, 0.1) is 0 Å². The van der Waals surface area contributed by atoms with Crippen LogP contribution in [0.5, 0.6) is 0 Å². The van der Waals surface area contributed by atoms with Crippen molar-refractivity contribution in [2.75, 3.05) is 5.88 Å². The van der Waals surface area contributed by atoms with Gasteiger partial charge in [-0.25, -0.2) is 9.97 Å². The summed E-state index contributed by atoms with van der Waals surface area (Å²) >= 11 is 9.34. The third-order valence-corrected chi connectivity index (χ3v) is 3.93. The van der Waals surface area contributed by atoms with E-state index in [0.717, 1.165) is 34.3 Å². The number of imidazole rings is 1. The van der Waals surface area contributed by atoms with Crippen LogP contribution in [-0.2, 0) is 6.42 Å². The summed E-state index contributed by atoms with van der Waals surface area (Å²) < 4.78 is 3.21. The molecule has 0 saturated carbocycles. The van der Waals surface area contributed by atoms with E-state index in [9.17, 15) is 0 Å². The van der Waals surface area contributed by atoms with Gasteiger partial charge in [0.15, 0.2) is 5.65 Å². The molecule has 0 spiro atoms. The van der Waals surface area contributed by atoms with Crippen molar-refractivity contribution in [2.45, 2.75) is 45.6 Å². The fourth-order valence-electron chi connectivity index (χ4n) is 2.36. The van der Waals surface area contributed by atoms with E-state index in [0.29, 0.717) is 11.9 Å². The number of nitrogens with zero attached hydrogens (tertiary/aromatic N) is 3. The second kappa shape index (κ2) is 6.71. The Morgan fingerprint density at radius 3 is 2.95 bits per heavy atom. The van der Waals surface area contributed by atoms with E-state index in [1.54, 1.807) is 0 Å². The molecule has 0 aliphatic carbocycles. The lowest BCUT2D eigenvalue weighted by molar-refractivity contribution is 0.479. The van der Waals surface area contributed by atoms with Crippen LogP contribution in [0.25, 0.3) is 11.2 Å². The van der Waals surface area contributed by atoms with Crippen LogP contribution >= 0.6 is 27.5 Å². The SMILES string of the molecule is CCCCC(C)n1c(CCCl)nc2cc(Br)cnc21. The maximum absolute atomic E-state index is 5.89. The van der Waals surface area contributed by atoms with Crippen molar-refractivity contribution in [3.63, 3.8) is 0 Å². The molecule has 0 aliphatic rings. The van der Waals surface area contributed by atoms with Gasteiger partial charge in [0.2, 0.25) is 0 Å². The number of aryl methyl sites for hydroxylation is 1. The van der Waals surface area contributed by atoms with Gasteiger partial charge in [-0.1, -0.05) is 19.8 Å². The normalized spacial score (nSPS) is 13.1. The maximum atomic E-state index is 5.89. The average molecular weight is 345 g/mol. The Balaban J connectivity index is 2.45. The van der Waals surface area contributed by atoms with E-state index in [1.165, 1.54) is 12.8 Å². The van der Waals surface area contributed by atoms with Crippen LogP contribution in [0.4, 0.5) is 0 Å². The van der Waals surface area contributed by atoms with Crippen molar-refractivity contribution in [1.29, 1.82) is 0 Å². The molecular weight excluding hydrogens is 326 g/mol. The predicted molar refractivity (Wildman–Crippen MR) is 83.9 cm³/mol. The fraction of sp³-hybridized carbons (Fsp3) is 0.571. The van der Waals surface area contributed by atoms with Crippen molar-refractivity contribution in [2.24, 2.45) is 0 Å². The molecule has 0 fully saturated rings. The topological polar surface area (TPSA) is 30.7 Å². The lowest BCUT2D eigenvalue weighted by atomic mass is 10.1. The number of unbranched alkanes of at least 4 members (excludes halogenated alkanes) is 1. The molecule has 0 amide bonds. The maximum Gasteiger partial charge on any atom is 0.160 e. The van der Waals surface area contributed by atoms with E-state index in [2.05, 4.69) is 44.3 Å². The smallest absolute Gasteiger partial charge is 0.160 e. The Morgan fingerprint density at radius 2 is 2.26 bits per heavy atom. The van der Waals surface area contributed by atoms with E-state index < -0.39 is 0 Å². The molecule has 0 bridgehead atoms. The molecule has 0 radical (unpaired) electrons. The quantitative estimate of drug-likeness (QED) is 0.709. The molecule has 2 heterocycles. The van der Waals surface area contributed by atoms with Gasteiger partial charge in [0.1, 0.15) is 11.3 Å². The first-order chi connectivity index (χ1) is 9.17. The first-order valence-electron chi connectivity index (χ1n) is 6.75. The molecule has 19 heavy (non-hydrogen) atoms. The van der Waals surface area contributed by atoms with Crippen molar-refractivity contribution < 1.29 is 0 Å². The summed E-state index contributed by atoms with van der Waals surface area (Å²) in [7, 11) is 0. The van der Waals surface area contributed by atoms with Gasteiger partial charge in [-0.15, -0.1) is 11.6 Å². The third-order valence-electron chi connectivity index (χ3n) is 3.30. The summed E-state index contributed by atoms with van der Waals surface area (Å²) in [6.07, 6.45) is 6.19. The van der Waals surface area contributed by atoms with Crippen molar-refractivity contribution >= 4 is 38.7 Å². The monoisotopic (exact) mass is 343 g/mol. The molecule has 1 unspecified atom stereocenters. The molecule has 2 aromatic heterocycles. The molecule has 0 saturated heterocycles. The Labute approximate surface area is 127 Å². The summed E-state index contributed by atoms with van der Waals surface area (Å²) in [5.41, 5.74) is 1.91. The molecular formula is C14H19BrClN3. The first kappa shape index (κ1) is 14.8. The number of fused-ring (bicyclic) bond motifs is 1. The summed E-state index contributed by atoms with van der Waals surface area (Å²) in [6.45, 7) is 4.45. The fourth-order valence-corrected chi connectivity index (χ4v) is 2.85. The highest BCUT2D eigenvalue weighted by molar-refractivity contribution is 9.10. The molecule has 2 aromatic rings. The highest BCUT2D eigenvalue weighted by Crippen LogP contribution is 2.25. The minimum atomic E-state index is 0.414. The van der Waals surface area contributed by atoms with Crippen LogP contribution in [0.2, 0.25) is 0 Å². The number of halogens is 2. The molecule has 5 heteroatoms. The van der Waals surface area contributed by atoms with E-state index in [4.69, 9.17) is 11.6 Å². The average Bonchev–Trinajstić information content (AvgIpc) is 2.73. The Morgan fingerprint density at radius 1 is 1.47 bits per heavy atom. The summed E-state index contributed by atoms with van der Waals surface area (Å²) in [5.74, 6) is 1.63. The van der Waals surface area contributed by atoms with Gasteiger partial charge < -0.3 is 4.57 Å². The highest BCUT2D eigenvalue weighted by atomic mass is 79.9. The van der Waals surface area contributed by atoms with E-state index in [-0.39, 0.29) is 0 Å². The van der Waals surface area contributed by atoms with Crippen LogP contribution in [0, 0.1) is 0 Å². The molecule has 2 rings (SSSR count). The number of hydrogen-bond acceptors (Lipinski definition) is 2. The van der Waals surface area contributed by atoms with Gasteiger partial charge in [-0.3, -0.25) is 0 Å². The first-order valence-corrected chi connectivity index (χ1v) is 8.08. The number of hydrogen-bond donors (Lipinski definition) is 0. The lowest BCUT2D eigenvalue weighted by Gasteiger charge is -2.16. The van der Waals surface area contributed by atoms with Crippen LogP contribution < -0.4 is 0 Å². The largest absolute Gasteiger partial charge is 0.310 e. The van der Waals surface area contributed by atoms with Crippen LogP contribution in [0.15, 0.2) is 16.7 Å². The van der Waals surface area contributed by atoms with Crippen molar-refractivity contribution in [3.05, 3.63) is 22.6 Å². The van der Waals surface area contributed by atoms with Gasteiger partial charge in [-0.2, -0.15) is 0 Å². The van der Waals surface area contributed by atoms with Crippen LogP contribution in [0.3, 0.4) is 0 Å². The summed E-state index contributed by atoms with van der Waals surface area (Å²) in [5, 5.41) is 0. The molecule has 0 aliphatic heterocycles. The number of pyridine rings is 1. The number of rotatable bonds is 6. The minimum Gasteiger partial charge on any atom is -0.310 e. The lowest BCUT2D eigenvalue weighted by Crippen LogP contribution is -2.10. The van der Waals surface area contributed by atoms with Gasteiger partial charge >= 0.3 is 0 Å². The Hall–Kier alpha value is -0.610. The molecule has 3 nitrogen and oxygen atoms in total. The minimum absolute atomic E-state index is 0.414.